The van der Waals surface area contributed by atoms with Gasteiger partial charge in [0.25, 0.3) is 0 Å². The summed E-state index contributed by atoms with van der Waals surface area (Å²) in [5.41, 5.74) is 3.09. The summed E-state index contributed by atoms with van der Waals surface area (Å²) in [6.07, 6.45) is 3.12. The van der Waals surface area contributed by atoms with E-state index in [2.05, 4.69) is 15.4 Å². The lowest BCUT2D eigenvalue weighted by atomic mass is 10.1. The molecule has 4 rings (SSSR count). The van der Waals surface area contributed by atoms with Gasteiger partial charge in [0.15, 0.2) is 0 Å². The highest BCUT2D eigenvalue weighted by molar-refractivity contribution is 6.31. The van der Waals surface area contributed by atoms with Crippen molar-refractivity contribution in [1.82, 2.24) is 14.8 Å². The number of hydrogen-bond acceptors (Lipinski definition) is 4. The van der Waals surface area contributed by atoms with Crippen molar-refractivity contribution in [2.75, 3.05) is 16.8 Å². The first kappa shape index (κ1) is 18.2. The van der Waals surface area contributed by atoms with E-state index in [4.69, 9.17) is 11.6 Å². The molecule has 1 aliphatic heterocycles. The van der Waals surface area contributed by atoms with Gasteiger partial charge in [-0.3, -0.25) is 9.59 Å². The van der Waals surface area contributed by atoms with Gasteiger partial charge in [-0.15, -0.1) is 0 Å². The molecule has 3 aromatic rings. The molecule has 0 bridgehead atoms. The van der Waals surface area contributed by atoms with Gasteiger partial charge >= 0.3 is 0 Å². The molecule has 1 N–H and O–H groups in total. The van der Waals surface area contributed by atoms with Crippen LogP contribution in [0.4, 0.5) is 11.4 Å². The van der Waals surface area contributed by atoms with Crippen molar-refractivity contribution in [3.05, 3.63) is 65.7 Å². The number of rotatable bonds is 4. The van der Waals surface area contributed by atoms with Crippen molar-refractivity contribution in [2.24, 2.45) is 5.92 Å². The molecule has 1 aromatic heterocycles. The van der Waals surface area contributed by atoms with E-state index in [0.717, 1.165) is 11.3 Å². The van der Waals surface area contributed by atoms with E-state index in [-0.39, 0.29) is 18.2 Å². The first-order valence-corrected chi connectivity index (χ1v) is 9.21. The van der Waals surface area contributed by atoms with Crippen LogP contribution in [0.5, 0.6) is 0 Å². The third kappa shape index (κ3) is 3.61. The summed E-state index contributed by atoms with van der Waals surface area (Å²) in [5.74, 6) is -0.741. The van der Waals surface area contributed by atoms with Gasteiger partial charge in [0, 0.05) is 23.7 Å². The van der Waals surface area contributed by atoms with Crippen LogP contribution < -0.4 is 10.2 Å². The van der Waals surface area contributed by atoms with Crippen LogP contribution in [0.25, 0.3) is 5.69 Å². The van der Waals surface area contributed by atoms with Crippen molar-refractivity contribution in [2.45, 2.75) is 13.3 Å². The molecular weight excluding hydrogens is 378 g/mol. The quantitative estimate of drug-likeness (QED) is 0.735. The largest absolute Gasteiger partial charge is 0.324 e. The Bertz CT molecular complexity index is 1020. The van der Waals surface area contributed by atoms with E-state index < -0.39 is 5.92 Å². The summed E-state index contributed by atoms with van der Waals surface area (Å²) < 4.78 is 1.55. The highest BCUT2D eigenvalue weighted by Gasteiger charge is 2.35. The topological polar surface area (TPSA) is 80.1 Å². The molecule has 2 heterocycles. The number of carbonyl (C=O) groups excluding carboxylic acids is 2. The maximum absolute atomic E-state index is 12.8. The van der Waals surface area contributed by atoms with Crippen LogP contribution in [-0.2, 0) is 9.59 Å². The molecule has 28 heavy (non-hydrogen) atoms. The van der Waals surface area contributed by atoms with E-state index in [1.54, 1.807) is 27.8 Å². The molecule has 2 aromatic carbocycles. The molecule has 7 nitrogen and oxygen atoms in total. The van der Waals surface area contributed by atoms with E-state index in [1.807, 2.05) is 31.2 Å². The fourth-order valence-corrected chi connectivity index (χ4v) is 3.41. The zero-order chi connectivity index (χ0) is 19.7. The van der Waals surface area contributed by atoms with Gasteiger partial charge in [-0.25, -0.2) is 9.67 Å². The summed E-state index contributed by atoms with van der Waals surface area (Å²) in [6.45, 7) is 2.33. The number of carbonyl (C=O) groups is 2. The maximum Gasteiger partial charge on any atom is 0.229 e. The third-order valence-electron chi connectivity index (χ3n) is 4.72. The predicted molar refractivity (Wildman–Crippen MR) is 107 cm³/mol. The summed E-state index contributed by atoms with van der Waals surface area (Å²) in [5, 5.41) is 7.48. The number of nitrogens with zero attached hydrogens (tertiary/aromatic N) is 4. The summed E-state index contributed by atoms with van der Waals surface area (Å²) in [6, 6.07) is 12.8. The van der Waals surface area contributed by atoms with Crippen molar-refractivity contribution >= 4 is 34.8 Å². The Morgan fingerprint density at radius 2 is 2.00 bits per heavy atom. The average Bonchev–Trinajstić information content (AvgIpc) is 3.33. The van der Waals surface area contributed by atoms with Gasteiger partial charge in [0.1, 0.15) is 12.7 Å². The van der Waals surface area contributed by atoms with E-state index in [9.17, 15) is 9.59 Å². The molecular formula is C20H18ClN5O2. The van der Waals surface area contributed by atoms with E-state index in [1.165, 1.54) is 12.7 Å². The monoisotopic (exact) mass is 395 g/mol. The van der Waals surface area contributed by atoms with Crippen LogP contribution in [0.1, 0.15) is 12.0 Å². The minimum Gasteiger partial charge on any atom is -0.324 e. The molecule has 8 heteroatoms. The van der Waals surface area contributed by atoms with Crippen LogP contribution in [0.3, 0.4) is 0 Å². The van der Waals surface area contributed by atoms with E-state index in [0.29, 0.717) is 22.9 Å². The van der Waals surface area contributed by atoms with Crippen LogP contribution in [0.2, 0.25) is 5.02 Å². The van der Waals surface area contributed by atoms with Gasteiger partial charge in [-0.05, 0) is 37.3 Å². The molecule has 142 valence electrons. The van der Waals surface area contributed by atoms with Gasteiger partial charge in [0.2, 0.25) is 11.8 Å². The number of aromatic nitrogens is 3. The molecule has 1 saturated heterocycles. The van der Waals surface area contributed by atoms with Crippen LogP contribution in [0, 0.1) is 12.8 Å². The molecule has 0 spiro atoms. The molecule has 1 fully saturated rings. The van der Waals surface area contributed by atoms with Gasteiger partial charge < -0.3 is 10.2 Å². The Balaban J connectivity index is 1.53. The standard InChI is InChI=1S/C20H18ClN5O2/c1-13-2-5-16(6-3-13)25-10-14(8-19(25)27)20(28)24-17-9-15(21)4-7-18(17)26-12-22-11-23-26/h2-7,9,11-12,14H,8,10H2,1H3,(H,24,28)/t14-/m1/s1. The first-order valence-electron chi connectivity index (χ1n) is 8.84. The average molecular weight is 396 g/mol. The van der Waals surface area contributed by atoms with E-state index >= 15 is 0 Å². The minimum absolute atomic E-state index is 0.0633. The lowest BCUT2D eigenvalue weighted by Gasteiger charge is -2.17. The highest BCUT2D eigenvalue weighted by Crippen LogP contribution is 2.28. The predicted octanol–water partition coefficient (Wildman–Crippen LogP) is 3.22. The number of nitrogens with one attached hydrogen (secondary N) is 1. The third-order valence-corrected chi connectivity index (χ3v) is 4.96. The van der Waals surface area contributed by atoms with Crippen molar-refractivity contribution < 1.29 is 9.59 Å². The second-order valence-electron chi connectivity index (χ2n) is 6.73. The maximum atomic E-state index is 12.8. The lowest BCUT2D eigenvalue weighted by Crippen LogP contribution is -2.28. The van der Waals surface area contributed by atoms with Gasteiger partial charge in [-0.1, -0.05) is 29.3 Å². The number of hydrogen-bond donors (Lipinski definition) is 1. The molecule has 1 aliphatic rings. The van der Waals surface area contributed by atoms with Crippen LogP contribution in [0.15, 0.2) is 55.1 Å². The SMILES string of the molecule is Cc1ccc(N2C[C@H](C(=O)Nc3cc(Cl)ccc3-n3cncn3)CC2=O)cc1. The smallest absolute Gasteiger partial charge is 0.229 e. The first-order chi connectivity index (χ1) is 13.5. The minimum atomic E-state index is -0.448. The van der Waals surface area contributed by atoms with Crippen molar-refractivity contribution in [3.63, 3.8) is 0 Å². The summed E-state index contributed by atoms with van der Waals surface area (Å²) >= 11 is 6.10. The van der Waals surface area contributed by atoms with Crippen molar-refractivity contribution in [3.8, 4) is 5.69 Å². The van der Waals surface area contributed by atoms with Gasteiger partial charge in [-0.2, -0.15) is 5.10 Å². The number of benzene rings is 2. The van der Waals surface area contributed by atoms with Gasteiger partial charge in [0.05, 0.1) is 17.3 Å². The number of halogens is 1. The Morgan fingerprint density at radius 3 is 2.71 bits per heavy atom. The Labute approximate surface area is 166 Å². The van der Waals surface area contributed by atoms with Crippen molar-refractivity contribution in [1.29, 1.82) is 0 Å². The Hall–Kier alpha value is -3.19. The van der Waals surface area contributed by atoms with Crippen LogP contribution in [-0.4, -0.2) is 33.1 Å². The summed E-state index contributed by atoms with van der Waals surface area (Å²) in [7, 11) is 0. The summed E-state index contributed by atoms with van der Waals surface area (Å²) in [4.78, 5) is 30.9. The fraction of sp³-hybridized carbons (Fsp3) is 0.200. The zero-order valence-corrected chi connectivity index (χ0v) is 15.9. The second kappa shape index (κ2) is 7.44. The zero-order valence-electron chi connectivity index (χ0n) is 15.2. The second-order valence-corrected chi connectivity index (χ2v) is 7.17. The molecule has 0 unspecified atom stereocenters. The molecule has 1 atom stereocenters. The molecule has 0 radical (unpaired) electrons. The highest BCUT2D eigenvalue weighted by atomic mass is 35.5. The fourth-order valence-electron chi connectivity index (χ4n) is 3.23. The normalized spacial score (nSPS) is 16.4. The molecule has 0 saturated carbocycles. The lowest BCUT2D eigenvalue weighted by molar-refractivity contribution is -0.122. The number of aryl methyl sites for hydroxylation is 1. The molecule has 2 amide bonds. The molecule has 0 aliphatic carbocycles. The Morgan fingerprint density at radius 1 is 1.21 bits per heavy atom. The number of amides is 2. The Kier molecular flexibility index (Phi) is 4.83. The number of anilines is 2. The van der Waals surface area contributed by atoms with Crippen LogP contribution >= 0.6 is 11.6 Å².